The zero-order chi connectivity index (χ0) is 13.6. The summed E-state index contributed by atoms with van der Waals surface area (Å²) >= 11 is 0. The molecule has 0 radical (unpaired) electrons. The Morgan fingerprint density at radius 1 is 1.28 bits per heavy atom. The normalized spacial score (nSPS) is 12.0. The Balaban J connectivity index is 2.33. The maximum atomic E-state index is 12.4. The van der Waals surface area contributed by atoms with Crippen LogP contribution in [0.1, 0.15) is 17.6 Å². The molecule has 0 heterocycles. The fourth-order valence-electron chi connectivity index (χ4n) is 1.40. The molecule has 0 bridgehead atoms. The highest BCUT2D eigenvalue weighted by Crippen LogP contribution is 2.19. The van der Waals surface area contributed by atoms with E-state index >= 15 is 0 Å². The monoisotopic (exact) mass is 278 g/mol. The van der Waals surface area contributed by atoms with E-state index in [4.69, 9.17) is 0 Å². The van der Waals surface area contributed by atoms with Crippen LogP contribution in [0.5, 0.6) is 0 Å². The van der Waals surface area contributed by atoms with Crippen LogP contribution in [0.25, 0.3) is 0 Å². The number of rotatable bonds is 7. The van der Waals surface area contributed by atoms with Gasteiger partial charge in [-0.25, -0.2) is 21.9 Å². The molecule has 0 aliphatic heterocycles. The van der Waals surface area contributed by atoms with Gasteiger partial charge in [-0.2, -0.15) is 0 Å². The summed E-state index contributed by atoms with van der Waals surface area (Å²) in [6.07, 6.45) is -1.39. The van der Waals surface area contributed by atoms with E-state index in [-0.39, 0.29) is 12.1 Å². The van der Waals surface area contributed by atoms with Gasteiger partial charge in [0.25, 0.3) is 6.43 Å². The summed E-state index contributed by atoms with van der Waals surface area (Å²) in [6, 6.07) is 6.12. The number of nitrogens with one attached hydrogen (secondary N) is 2. The number of alkyl halides is 2. The van der Waals surface area contributed by atoms with Crippen molar-refractivity contribution in [1.29, 1.82) is 0 Å². The number of sulfonamides is 1. The van der Waals surface area contributed by atoms with Gasteiger partial charge in [0.1, 0.15) is 0 Å². The maximum absolute atomic E-state index is 12.4. The van der Waals surface area contributed by atoms with Crippen LogP contribution in [0.3, 0.4) is 0 Å². The smallest absolute Gasteiger partial charge is 0.263 e. The summed E-state index contributed by atoms with van der Waals surface area (Å²) < 4.78 is 48.7. The highest BCUT2D eigenvalue weighted by Gasteiger charge is 2.06. The minimum absolute atomic E-state index is 0.0106. The summed E-state index contributed by atoms with van der Waals surface area (Å²) in [6.45, 7) is 1.13. The second-order valence-corrected chi connectivity index (χ2v) is 5.72. The second kappa shape index (κ2) is 6.77. The molecular weight excluding hydrogens is 262 g/mol. The molecule has 102 valence electrons. The van der Waals surface area contributed by atoms with E-state index in [0.29, 0.717) is 13.1 Å². The zero-order valence-electron chi connectivity index (χ0n) is 9.99. The van der Waals surface area contributed by atoms with Crippen LogP contribution in [-0.4, -0.2) is 27.8 Å². The van der Waals surface area contributed by atoms with Gasteiger partial charge in [-0.1, -0.05) is 18.2 Å². The Hall–Kier alpha value is -1.05. The molecule has 4 nitrogen and oxygen atoms in total. The molecule has 0 saturated heterocycles. The fourth-order valence-corrected chi connectivity index (χ4v) is 1.87. The van der Waals surface area contributed by atoms with E-state index in [1.807, 2.05) is 0 Å². The molecule has 0 saturated carbocycles. The largest absolute Gasteiger partial charge is 0.311 e. The van der Waals surface area contributed by atoms with E-state index < -0.39 is 16.4 Å². The van der Waals surface area contributed by atoms with Gasteiger partial charge in [0.2, 0.25) is 10.0 Å². The van der Waals surface area contributed by atoms with Crippen LogP contribution < -0.4 is 10.0 Å². The number of benzene rings is 1. The van der Waals surface area contributed by atoms with Crippen LogP contribution in [0.4, 0.5) is 8.78 Å². The van der Waals surface area contributed by atoms with Crippen LogP contribution in [0.15, 0.2) is 24.3 Å². The zero-order valence-corrected chi connectivity index (χ0v) is 10.8. The summed E-state index contributed by atoms with van der Waals surface area (Å²) in [5, 5.41) is 2.97. The first-order valence-corrected chi connectivity index (χ1v) is 7.30. The molecule has 1 rings (SSSR count). The topological polar surface area (TPSA) is 58.2 Å². The lowest BCUT2D eigenvalue weighted by Crippen LogP contribution is -2.30. The maximum Gasteiger partial charge on any atom is 0.263 e. The fraction of sp³-hybridized carbons (Fsp3) is 0.455. The molecule has 2 N–H and O–H groups in total. The van der Waals surface area contributed by atoms with Crippen LogP contribution >= 0.6 is 0 Å². The number of halogens is 2. The molecule has 0 fully saturated rings. The van der Waals surface area contributed by atoms with Crippen molar-refractivity contribution in [2.24, 2.45) is 0 Å². The third-order valence-corrected chi connectivity index (χ3v) is 2.93. The Morgan fingerprint density at radius 3 is 2.61 bits per heavy atom. The van der Waals surface area contributed by atoms with Crippen molar-refractivity contribution in [3.63, 3.8) is 0 Å². The molecular formula is C11H16F2N2O2S. The Kier molecular flexibility index (Phi) is 5.64. The van der Waals surface area contributed by atoms with Crippen molar-refractivity contribution in [2.75, 3.05) is 19.3 Å². The minimum atomic E-state index is -3.18. The van der Waals surface area contributed by atoms with E-state index in [2.05, 4.69) is 10.0 Å². The quantitative estimate of drug-likeness (QED) is 0.738. The van der Waals surface area contributed by atoms with Crippen molar-refractivity contribution in [2.45, 2.75) is 13.0 Å². The van der Waals surface area contributed by atoms with Gasteiger partial charge in [0.05, 0.1) is 6.26 Å². The van der Waals surface area contributed by atoms with Crippen LogP contribution in [0.2, 0.25) is 0 Å². The van der Waals surface area contributed by atoms with Crippen LogP contribution in [0, 0.1) is 0 Å². The molecule has 0 aliphatic rings. The van der Waals surface area contributed by atoms with Crippen molar-refractivity contribution in [3.8, 4) is 0 Å². The Labute approximate surface area is 105 Å². The molecule has 0 aromatic heterocycles. The number of hydrogen-bond acceptors (Lipinski definition) is 3. The van der Waals surface area contributed by atoms with Crippen molar-refractivity contribution in [1.82, 2.24) is 10.0 Å². The summed E-state index contributed by atoms with van der Waals surface area (Å²) in [7, 11) is -3.18. The van der Waals surface area contributed by atoms with Gasteiger partial charge < -0.3 is 5.32 Å². The molecule has 7 heteroatoms. The van der Waals surface area contributed by atoms with Gasteiger partial charge in [-0.3, -0.25) is 0 Å². The van der Waals surface area contributed by atoms with Gasteiger partial charge in [0.15, 0.2) is 0 Å². The lowest BCUT2D eigenvalue weighted by molar-refractivity contribution is 0.151. The molecule has 1 aromatic rings. The average Bonchev–Trinajstić information content (AvgIpc) is 2.27. The highest BCUT2D eigenvalue weighted by molar-refractivity contribution is 7.88. The Bertz CT molecular complexity index is 478. The molecule has 0 atom stereocenters. The first-order valence-electron chi connectivity index (χ1n) is 5.41. The SMILES string of the molecule is CS(=O)(=O)NCCNCc1cccc(C(F)F)c1. The number of hydrogen-bond donors (Lipinski definition) is 2. The van der Waals surface area contributed by atoms with Gasteiger partial charge in [-0.15, -0.1) is 0 Å². The van der Waals surface area contributed by atoms with Gasteiger partial charge in [0, 0.05) is 25.2 Å². The Morgan fingerprint density at radius 2 is 2.00 bits per heavy atom. The molecule has 0 aliphatic carbocycles. The lowest BCUT2D eigenvalue weighted by atomic mass is 10.1. The van der Waals surface area contributed by atoms with E-state index in [0.717, 1.165) is 11.8 Å². The van der Waals surface area contributed by atoms with Crippen molar-refractivity contribution >= 4 is 10.0 Å². The van der Waals surface area contributed by atoms with E-state index in [9.17, 15) is 17.2 Å². The van der Waals surface area contributed by atoms with Gasteiger partial charge in [-0.05, 0) is 11.6 Å². The van der Waals surface area contributed by atoms with Crippen molar-refractivity contribution < 1.29 is 17.2 Å². The lowest BCUT2D eigenvalue weighted by Gasteiger charge is -2.07. The predicted octanol–water partition coefficient (Wildman–Crippen LogP) is 1.26. The molecule has 0 unspecified atom stereocenters. The van der Waals surface area contributed by atoms with E-state index in [1.165, 1.54) is 12.1 Å². The third kappa shape index (κ3) is 6.04. The summed E-state index contributed by atoms with van der Waals surface area (Å²) in [5.41, 5.74) is 0.732. The summed E-state index contributed by atoms with van der Waals surface area (Å²) in [5.74, 6) is 0. The average molecular weight is 278 g/mol. The van der Waals surface area contributed by atoms with Gasteiger partial charge >= 0.3 is 0 Å². The minimum Gasteiger partial charge on any atom is -0.311 e. The predicted molar refractivity (Wildman–Crippen MR) is 66.0 cm³/mol. The third-order valence-electron chi connectivity index (χ3n) is 2.20. The van der Waals surface area contributed by atoms with E-state index in [1.54, 1.807) is 12.1 Å². The van der Waals surface area contributed by atoms with Crippen LogP contribution in [-0.2, 0) is 16.6 Å². The summed E-state index contributed by atoms with van der Waals surface area (Å²) in [4.78, 5) is 0. The molecule has 1 aromatic carbocycles. The first kappa shape index (κ1) is 15.0. The molecule has 18 heavy (non-hydrogen) atoms. The van der Waals surface area contributed by atoms with Crippen molar-refractivity contribution in [3.05, 3.63) is 35.4 Å². The molecule has 0 amide bonds. The molecule has 0 spiro atoms. The standard InChI is InChI=1S/C11H16F2N2O2S/c1-18(16,17)15-6-5-14-8-9-3-2-4-10(7-9)11(12)13/h2-4,7,11,14-15H,5-6,8H2,1H3. The first-order chi connectivity index (χ1) is 8.38. The highest BCUT2D eigenvalue weighted by atomic mass is 32.2. The second-order valence-electron chi connectivity index (χ2n) is 3.89.